The summed E-state index contributed by atoms with van der Waals surface area (Å²) in [6.45, 7) is 1.61. The molecule has 0 aliphatic carbocycles. The first-order valence-electron chi connectivity index (χ1n) is 11.9. The molecular formula is C27H27N5O3. The molecule has 0 saturated carbocycles. The van der Waals surface area contributed by atoms with Gasteiger partial charge in [-0.25, -0.2) is 0 Å². The van der Waals surface area contributed by atoms with Crippen LogP contribution in [0.15, 0.2) is 67.1 Å². The lowest BCUT2D eigenvalue weighted by molar-refractivity contribution is -0.132. The molecule has 4 heterocycles. The van der Waals surface area contributed by atoms with Crippen LogP contribution in [-0.4, -0.2) is 45.7 Å². The van der Waals surface area contributed by atoms with Crippen molar-refractivity contribution in [3.8, 4) is 0 Å². The second kappa shape index (κ2) is 10.0. The van der Waals surface area contributed by atoms with E-state index in [1.807, 2.05) is 41.3 Å². The highest BCUT2D eigenvalue weighted by atomic mass is 16.2. The first-order valence-corrected chi connectivity index (χ1v) is 11.9. The molecule has 3 aromatic rings. The summed E-state index contributed by atoms with van der Waals surface area (Å²) >= 11 is 0. The Morgan fingerprint density at radius 2 is 1.91 bits per heavy atom. The van der Waals surface area contributed by atoms with E-state index in [-0.39, 0.29) is 36.0 Å². The molecule has 0 bridgehead atoms. The van der Waals surface area contributed by atoms with Crippen LogP contribution in [0.4, 0.5) is 5.69 Å². The van der Waals surface area contributed by atoms with Crippen LogP contribution in [0.3, 0.4) is 0 Å². The van der Waals surface area contributed by atoms with Gasteiger partial charge in [-0.3, -0.25) is 24.4 Å². The lowest BCUT2D eigenvalue weighted by Crippen LogP contribution is -2.41. The molecule has 0 radical (unpaired) electrons. The average molecular weight is 470 g/mol. The molecule has 8 nitrogen and oxygen atoms in total. The molecule has 2 aliphatic heterocycles. The van der Waals surface area contributed by atoms with E-state index in [4.69, 9.17) is 0 Å². The monoisotopic (exact) mass is 469 g/mol. The summed E-state index contributed by atoms with van der Waals surface area (Å²) in [6.07, 6.45) is 6.87. The minimum atomic E-state index is -0.316. The predicted octanol–water partition coefficient (Wildman–Crippen LogP) is 2.92. The quantitative estimate of drug-likeness (QED) is 0.578. The van der Waals surface area contributed by atoms with Gasteiger partial charge in [0.05, 0.1) is 12.3 Å². The number of aromatic nitrogens is 2. The summed E-state index contributed by atoms with van der Waals surface area (Å²) in [5.74, 6) is -0.366. The van der Waals surface area contributed by atoms with E-state index in [9.17, 15) is 14.4 Å². The van der Waals surface area contributed by atoms with Crippen LogP contribution in [0.5, 0.6) is 0 Å². The van der Waals surface area contributed by atoms with Crippen LogP contribution in [-0.2, 0) is 22.6 Å². The van der Waals surface area contributed by atoms with Crippen molar-refractivity contribution < 1.29 is 14.4 Å². The normalized spacial score (nSPS) is 17.5. The Hall–Kier alpha value is -4.07. The molecule has 35 heavy (non-hydrogen) atoms. The number of benzene rings is 1. The number of carbonyl (C=O) groups excluding carboxylic acids is 3. The second-order valence-corrected chi connectivity index (χ2v) is 9.03. The third-order valence-corrected chi connectivity index (χ3v) is 6.79. The number of rotatable bonds is 6. The number of carbonyl (C=O) groups is 3. The Morgan fingerprint density at radius 1 is 1.06 bits per heavy atom. The molecule has 0 spiro atoms. The maximum Gasteiger partial charge on any atom is 0.251 e. The molecule has 1 aromatic carbocycles. The number of hydrogen-bond acceptors (Lipinski definition) is 5. The van der Waals surface area contributed by atoms with Gasteiger partial charge in [0.15, 0.2) is 0 Å². The molecule has 178 valence electrons. The zero-order valence-electron chi connectivity index (χ0n) is 19.3. The first-order chi connectivity index (χ1) is 17.1. The number of hydrogen-bond donors (Lipinski definition) is 2. The van der Waals surface area contributed by atoms with Gasteiger partial charge >= 0.3 is 0 Å². The number of nitrogens with zero attached hydrogens (tertiary/aromatic N) is 3. The summed E-state index contributed by atoms with van der Waals surface area (Å²) in [4.78, 5) is 48.5. The Bertz CT molecular complexity index is 1220. The van der Waals surface area contributed by atoms with E-state index < -0.39 is 0 Å². The van der Waals surface area contributed by atoms with Crippen molar-refractivity contribution in [1.29, 1.82) is 0 Å². The molecule has 2 aliphatic rings. The van der Waals surface area contributed by atoms with Crippen LogP contribution < -0.4 is 10.6 Å². The highest BCUT2D eigenvalue weighted by molar-refractivity contribution is 6.04. The lowest BCUT2D eigenvalue weighted by atomic mass is 9.80. The summed E-state index contributed by atoms with van der Waals surface area (Å²) in [5.41, 5.74) is 3.83. The molecule has 1 atom stereocenters. The highest BCUT2D eigenvalue weighted by Gasteiger charge is 2.39. The molecule has 1 saturated heterocycles. The van der Waals surface area contributed by atoms with Gasteiger partial charge in [0, 0.05) is 55.2 Å². The molecule has 1 fully saturated rings. The fourth-order valence-electron chi connectivity index (χ4n) is 4.93. The topological polar surface area (TPSA) is 104 Å². The molecule has 3 amide bonds. The van der Waals surface area contributed by atoms with E-state index in [2.05, 4.69) is 20.6 Å². The lowest BCUT2D eigenvalue weighted by Gasteiger charge is -2.34. The van der Waals surface area contributed by atoms with Crippen molar-refractivity contribution in [3.63, 3.8) is 0 Å². The summed E-state index contributed by atoms with van der Waals surface area (Å²) < 4.78 is 0. The number of fused-ring (bicyclic) bond motifs is 1. The Balaban J connectivity index is 1.23. The van der Waals surface area contributed by atoms with Gasteiger partial charge < -0.3 is 15.5 Å². The van der Waals surface area contributed by atoms with Gasteiger partial charge in [0.2, 0.25) is 11.8 Å². The number of pyridine rings is 2. The molecule has 0 unspecified atom stereocenters. The summed E-state index contributed by atoms with van der Waals surface area (Å²) in [5, 5.41) is 5.88. The van der Waals surface area contributed by atoms with E-state index in [1.54, 1.807) is 30.7 Å². The van der Waals surface area contributed by atoms with E-state index in [0.717, 1.165) is 35.3 Å². The maximum atomic E-state index is 12.9. The van der Waals surface area contributed by atoms with Crippen molar-refractivity contribution in [2.75, 3.05) is 18.4 Å². The number of piperidine rings is 1. The van der Waals surface area contributed by atoms with Gasteiger partial charge in [-0.1, -0.05) is 12.1 Å². The van der Waals surface area contributed by atoms with Crippen molar-refractivity contribution in [2.45, 2.75) is 31.7 Å². The minimum absolute atomic E-state index is 0.0359. The van der Waals surface area contributed by atoms with Gasteiger partial charge in [-0.15, -0.1) is 0 Å². The predicted molar refractivity (Wildman–Crippen MR) is 130 cm³/mol. The van der Waals surface area contributed by atoms with Crippen LogP contribution in [0, 0.1) is 5.92 Å². The van der Waals surface area contributed by atoms with E-state index in [0.29, 0.717) is 25.2 Å². The number of likely N-dealkylation sites (tertiary alicyclic amines) is 1. The standard InChI is InChI=1S/C27H27N5O3/c33-24(15-21-5-1-2-11-29-21)32-12-8-19(9-13-32)25-22-14-20(6-7-23(22)31-27(25)35)26(34)30-17-18-4-3-10-28-16-18/h1-7,10-11,14,16,19,25H,8-9,12-13,15,17H2,(H,30,34)(H,31,35)/t25-/m1/s1. The van der Waals surface area contributed by atoms with Crippen LogP contribution in [0.1, 0.15) is 45.9 Å². The molecular weight excluding hydrogens is 442 g/mol. The van der Waals surface area contributed by atoms with Crippen molar-refractivity contribution in [1.82, 2.24) is 20.2 Å². The SMILES string of the molecule is O=C(NCc1cccnc1)c1ccc2c(c1)[C@@H](C1CCN(C(=O)Cc3ccccn3)CC1)C(=O)N2. The summed E-state index contributed by atoms with van der Waals surface area (Å²) in [6, 6.07) is 14.7. The Kier molecular flexibility index (Phi) is 6.52. The first kappa shape index (κ1) is 22.7. The Morgan fingerprint density at radius 3 is 2.66 bits per heavy atom. The minimum Gasteiger partial charge on any atom is -0.348 e. The second-order valence-electron chi connectivity index (χ2n) is 9.03. The third kappa shape index (κ3) is 5.06. The zero-order valence-corrected chi connectivity index (χ0v) is 19.3. The molecule has 5 rings (SSSR count). The largest absolute Gasteiger partial charge is 0.348 e. The van der Waals surface area contributed by atoms with Crippen LogP contribution >= 0.6 is 0 Å². The smallest absolute Gasteiger partial charge is 0.251 e. The van der Waals surface area contributed by atoms with E-state index in [1.165, 1.54) is 0 Å². The van der Waals surface area contributed by atoms with Crippen molar-refractivity contribution in [2.24, 2.45) is 5.92 Å². The average Bonchev–Trinajstić information content (AvgIpc) is 3.23. The van der Waals surface area contributed by atoms with Gasteiger partial charge in [0.25, 0.3) is 5.91 Å². The fraction of sp³-hybridized carbons (Fsp3) is 0.296. The van der Waals surface area contributed by atoms with Crippen molar-refractivity contribution >= 4 is 23.4 Å². The van der Waals surface area contributed by atoms with E-state index >= 15 is 0 Å². The van der Waals surface area contributed by atoms with Gasteiger partial charge in [-0.2, -0.15) is 0 Å². The van der Waals surface area contributed by atoms with Crippen molar-refractivity contribution in [3.05, 3.63) is 89.5 Å². The third-order valence-electron chi connectivity index (χ3n) is 6.79. The Labute approximate surface area is 203 Å². The van der Waals surface area contributed by atoms with Gasteiger partial charge in [-0.05, 0) is 66.3 Å². The zero-order chi connectivity index (χ0) is 24.2. The number of amides is 3. The van der Waals surface area contributed by atoms with Gasteiger partial charge in [0.1, 0.15) is 0 Å². The fourth-order valence-corrected chi connectivity index (χ4v) is 4.93. The molecule has 2 N–H and O–H groups in total. The number of anilines is 1. The summed E-state index contributed by atoms with van der Waals surface area (Å²) in [7, 11) is 0. The molecule has 2 aromatic heterocycles. The number of nitrogens with one attached hydrogen (secondary N) is 2. The highest BCUT2D eigenvalue weighted by Crippen LogP contribution is 2.41. The van der Waals surface area contributed by atoms with Crippen LogP contribution in [0.2, 0.25) is 0 Å². The maximum absolute atomic E-state index is 12.9. The van der Waals surface area contributed by atoms with Crippen LogP contribution in [0.25, 0.3) is 0 Å². The molecule has 8 heteroatoms.